The Balaban J connectivity index is 3.80. The summed E-state index contributed by atoms with van der Waals surface area (Å²) in [7, 11) is 0. The van der Waals surface area contributed by atoms with Crippen LogP contribution in [-0.4, -0.2) is 13.1 Å². The summed E-state index contributed by atoms with van der Waals surface area (Å²) in [6, 6.07) is 0. The molecule has 0 aromatic carbocycles. The molecule has 0 rings (SSSR count). The molecule has 0 bridgehead atoms. The molecule has 0 aliphatic heterocycles. The Hall–Kier alpha value is -0.0400. The number of rotatable bonds is 17. The normalized spacial score (nSPS) is 14.2. The summed E-state index contributed by atoms with van der Waals surface area (Å²) < 4.78 is 0. The third-order valence-electron chi connectivity index (χ3n) is 4.99. The highest BCUT2D eigenvalue weighted by Gasteiger charge is 2.09. The minimum absolute atomic E-state index is 0.918. The fourth-order valence-electron chi connectivity index (χ4n) is 3.58. The summed E-state index contributed by atoms with van der Waals surface area (Å²) >= 11 is 0. The van der Waals surface area contributed by atoms with E-state index in [4.69, 9.17) is 0 Å². The van der Waals surface area contributed by atoms with Crippen LogP contribution in [-0.2, 0) is 0 Å². The molecule has 0 amide bonds. The Bertz CT molecular complexity index is 180. The molecule has 0 saturated heterocycles. The lowest BCUT2D eigenvalue weighted by Gasteiger charge is -2.19. The van der Waals surface area contributed by atoms with E-state index in [0.29, 0.717) is 0 Å². The van der Waals surface area contributed by atoms with Gasteiger partial charge < -0.3 is 5.32 Å². The van der Waals surface area contributed by atoms with Gasteiger partial charge in [0.1, 0.15) is 0 Å². The van der Waals surface area contributed by atoms with Crippen LogP contribution < -0.4 is 5.32 Å². The van der Waals surface area contributed by atoms with Gasteiger partial charge in [0.2, 0.25) is 0 Å². The van der Waals surface area contributed by atoms with Crippen LogP contribution in [0, 0.1) is 11.8 Å². The Kier molecular flexibility index (Phi) is 17.3. The Labute approximate surface area is 142 Å². The molecule has 0 fully saturated rings. The van der Waals surface area contributed by atoms with E-state index in [2.05, 4.69) is 33.0 Å². The van der Waals surface area contributed by atoms with Gasteiger partial charge in [0.15, 0.2) is 0 Å². The third kappa shape index (κ3) is 13.6. The average Bonchev–Trinajstić information content (AvgIpc) is 2.51. The van der Waals surface area contributed by atoms with E-state index in [0.717, 1.165) is 11.8 Å². The Morgan fingerprint density at radius 2 is 1.09 bits per heavy atom. The van der Waals surface area contributed by atoms with E-state index in [9.17, 15) is 0 Å². The maximum atomic E-state index is 3.78. The first-order valence-corrected chi connectivity index (χ1v) is 10.5. The van der Waals surface area contributed by atoms with Crippen LogP contribution in [0.4, 0.5) is 0 Å². The Morgan fingerprint density at radius 1 is 0.545 bits per heavy atom. The van der Waals surface area contributed by atoms with Gasteiger partial charge in [0.25, 0.3) is 0 Å². The van der Waals surface area contributed by atoms with Crippen molar-refractivity contribution in [3.05, 3.63) is 0 Å². The topological polar surface area (TPSA) is 12.0 Å². The smallest absolute Gasteiger partial charge is 0.00205 e. The van der Waals surface area contributed by atoms with E-state index in [-0.39, 0.29) is 0 Å². The Morgan fingerprint density at radius 3 is 1.64 bits per heavy atom. The van der Waals surface area contributed by atoms with Crippen molar-refractivity contribution in [3.8, 4) is 0 Å². The van der Waals surface area contributed by atoms with Crippen molar-refractivity contribution in [2.45, 2.75) is 111 Å². The second-order valence-electron chi connectivity index (χ2n) is 7.29. The maximum absolute atomic E-state index is 3.78. The van der Waals surface area contributed by atoms with Gasteiger partial charge in [0.05, 0.1) is 0 Å². The zero-order chi connectivity index (χ0) is 16.5. The summed E-state index contributed by atoms with van der Waals surface area (Å²) in [5.74, 6) is 1.88. The average molecular weight is 312 g/mol. The van der Waals surface area contributed by atoms with Crippen molar-refractivity contribution in [1.29, 1.82) is 0 Å². The van der Waals surface area contributed by atoms with Gasteiger partial charge in [-0.15, -0.1) is 0 Å². The molecule has 0 aliphatic rings. The fraction of sp³-hybridized carbons (Fsp3) is 1.00. The largest absolute Gasteiger partial charge is 0.316 e. The van der Waals surface area contributed by atoms with Crippen LogP contribution in [0.5, 0.6) is 0 Å². The number of hydrogen-bond donors (Lipinski definition) is 1. The first-order valence-electron chi connectivity index (χ1n) is 10.5. The molecule has 1 N–H and O–H groups in total. The summed E-state index contributed by atoms with van der Waals surface area (Å²) in [4.78, 5) is 0. The molecule has 22 heavy (non-hydrogen) atoms. The molecule has 0 heterocycles. The van der Waals surface area contributed by atoms with Gasteiger partial charge in [-0.3, -0.25) is 0 Å². The minimum atomic E-state index is 0.918. The quantitative estimate of drug-likeness (QED) is 0.286. The van der Waals surface area contributed by atoms with E-state index >= 15 is 0 Å². The molecule has 0 radical (unpaired) electrons. The van der Waals surface area contributed by atoms with Crippen LogP contribution in [0.2, 0.25) is 0 Å². The third-order valence-corrected chi connectivity index (χ3v) is 4.99. The van der Waals surface area contributed by atoms with Crippen molar-refractivity contribution in [1.82, 2.24) is 5.32 Å². The minimum Gasteiger partial charge on any atom is -0.316 e. The van der Waals surface area contributed by atoms with Crippen molar-refractivity contribution < 1.29 is 0 Å². The standard InChI is InChI=1S/C21H45N/c1-5-9-11-15-20(13-7-3)17-18-22-19-21(14-8-4)16-12-10-6-2/h20-22H,5-19H2,1-4H3. The molecule has 134 valence electrons. The second-order valence-corrected chi connectivity index (χ2v) is 7.29. The maximum Gasteiger partial charge on any atom is -0.00205 e. The zero-order valence-corrected chi connectivity index (χ0v) is 16.3. The van der Waals surface area contributed by atoms with E-state index in [1.165, 1.54) is 96.6 Å². The molecule has 1 heteroatoms. The lowest BCUT2D eigenvalue weighted by atomic mass is 9.93. The van der Waals surface area contributed by atoms with Crippen molar-refractivity contribution >= 4 is 0 Å². The predicted molar refractivity (Wildman–Crippen MR) is 103 cm³/mol. The summed E-state index contributed by atoms with van der Waals surface area (Å²) in [5, 5.41) is 3.78. The second kappa shape index (κ2) is 17.3. The first-order chi connectivity index (χ1) is 10.8. The summed E-state index contributed by atoms with van der Waals surface area (Å²) in [6.45, 7) is 11.8. The van der Waals surface area contributed by atoms with Gasteiger partial charge in [-0.25, -0.2) is 0 Å². The SMILES string of the molecule is CCCCCC(CCC)CCNCC(CCC)CCCCC. The van der Waals surface area contributed by atoms with Gasteiger partial charge in [-0.05, 0) is 44.2 Å². The zero-order valence-electron chi connectivity index (χ0n) is 16.3. The number of nitrogens with one attached hydrogen (secondary N) is 1. The summed E-state index contributed by atoms with van der Waals surface area (Å²) in [6.07, 6.45) is 18.2. The highest BCUT2D eigenvalue weighted by Crippen LogP contribution is 2.19. The van der Waals surface area contributed by atoms with Crippen molar-refractivity contribution in [3.63, 3.8) is 0 Å². The van der Waals surface area contributed by atoms with Gasteiger partial charge in [-0.1, -0.05) is 91.9 Å². The van der Waals surface area contributed by atoms with Crippen LogP contribution >= 0.6 is 0 Å². The van der Waals surface area contributed by atoms with E-state index in [1.807, 2.05) is 0 Å². The van der Waals surface area contributed by atoms with Gasteiger partial charge in [-0.2, -0.15) is 0 Å². The highest BCUT2D eigenvalue weighted by molar-refractivity contribution is 4.65. The molecule has 0 aromatic rings. The van der Waals surface area contributed by atoms with Gasteiger partial charge >= 0.3 is 0 Å². The monoisotopic (exact) mass is 311 g/mol. The fourth-order valence-corrected chi connectivity index (χ4v) is 3.58. The van der Waals surface area contributed by atoms with Crippen LogP contribution in [0.15, 0.2) is 0 Å². The van der Waals surface area contributed by atoms with E-state index in [1.54, 1.807) is 0 Å². The molecule has 1 nitrogen and oxygen atoms in total. The first kappa shape index (κ1) is 22.0. The molecular weight excluding hydrogens is 266 g/mol. The van der Waals surface area contributed by atoms with Crippen LogP contribution in [0.25, 0.3) is 0 Å². The number of unbranched alkanes of at least 4 members (excludes halogenated alkanes) is 4. The van der Waals surface area contributed by atoms with Gasteiger partial charge in [0, 0.05) is 0 Å². The lowest BCUT2D eigenvalue weighted by molar-refractivity contribution is 0.361. The molecule has 0 aromatic heterocycles. The molecule has 0 saturated carbocycles. The molecule has 2 atom stereocenters. The molecule has 0 aliphatic carbocycles. The lowest BCUT2D eigenvalue weighted by Crippen LogP contribution is -2.25. The molecular formula is C21H45N. The number of hydrogen-bond acceptors (Lipinski definition) is 1. The predicted octanol–water partition coefficient (Wildman–Crippen LogP) is 6.96. The highest BCUT2D eigenvalue weighted by atomic mass is 14.9. The van der Waals surface area contributed by atoms with Crippen LogP contribution in [0.1, 0.15) is 111 Å². The molecule has 2 unspecified atom stereocenters. The van der Waals surface area contributed by atoms with Crippen LogP contribution in [0.3, 0.4) is 0 Å². The van der Waals surface area contributed by atoms with Crippen molar-refractivity contribution in [2.75, 3.05) is 13.1 Å². The van der Waals surface area contributed by atoms with Crippen molar-refractivity contribution in [2.24, 2.45) is 11.8 Å². The summed E-state index contributed by atoms with van der Waals surface area (Å²) in [5.41, 5.74) is 0. The van der Waals surface area contributed by atoms with E-state index < -0.39 is 0 Å². The molecule has 0 spiro atoms.